The zero-order valence-corrected chi connectivity index (χ0v) is 16.1. The molecule has 0 aromatic heterocycles. The summed E-state index contributed by atoms with van der Waals surface area (Å²) in [4.78, 5) is 14.3. The van der Waals surface area contributed by atoms with Crippen molar-refractivity contribution in [1.29, 1.82) is 0 Å². The van der Waals surface area contributed by atoms with Gasteiger partial charge >= 0.3 is 0 Å². The van der Waals surface area contributed by atoms with E-state index in [0.29, 0.717) is 19.1 Å². The molecule has 23 heavy (non-hydrogen) atoms. The van der Waals surface area contributed by atoms with Crippen molar-refractivity contribution in [1.82, 2.24) is 4.90 Å². The Morgan fingerprint density at radius 3 is 2.43 bits per heavy atom. The second kappa shape index (κ2) is 9.14. The molecule has 1 fully saturated rings. The van der Waals surface area contributed by atoms with Crippen LogP contribution in [-0.2, 0) is 14.3 Å². The van der Waals surface area contributed by atoms with Crippen molar-refractivity contribution in [3.63, 3.8) is 0 Å². The molecule has 4 nitrogen and oxygen atoms in total. The lowest BCUT2D eigenvalue weighted by Gasteiger charge is -2.28. The second-order valence-electron chi connectivity index (χ2n) is 8.64. The highest BCUT2D eigenvalue weighted by atomic mass is 16.5. The number of ketones is 1. The van der Waals surface area contributed by atoms with Gasteiger partial charge in [0.1, 0.15) is 5.78 Å². The lowest BCUT2D eigenvalue weighted by molar-refractivity contribution is -0.127. The zero-order valence-electron chi connectivity index (χ0n) is 16.1. The molecule has 136 valence electrons. The van der Waals surface area contributed by atoms with Gasteiger partial charge in [0, 0.05) is 31.0 Å². The lowest BCUT2D eigenvalue weighted by Crippen LogP contribution is -2.37. The fraction of sp³-hybridized carbons (Fsp3) is 0.947. The van der Waals surface area contributed by atoms with E-state index in [1.807, 2.05) is 20.8 Å². The van der Waals surface area contributed by atoms with E-state index < -0.39 is 0 Å². The van der Waals surface area contributed by atoms with Gasteiger partial charge in [-0.1, -0.05) is 20.8 Å². The first kappa shape index (κ1) is 20.6. The molecule has 4 heteroatoms. The number of nitrogens with zero attached hydrogens (tertiary/aromatic N) is 1. The predicted molar refractivity (Wildman–Crippen MR) is 94.8 cm³/mol. The third kappa shape index (κ3) is 8.83. The van der Waals surface area contributed by atoms with Crippen LogP contribution in [0.4, 0.5) is 0 Å². The summed E-state index contributed by atoms with van der Waals surface area (Å²) in [6.07, 6.45) is 4.04. The van der Waals surface area contributed by atoms with Crippen molar-refractivity contribution in [3.8, 4) is 0 Å². The molecule has 1 aliphatic heterocycles. The molecule has 0 aliphatic carbocycles. The Morgan fingerprint density at radius 2 is 1.83 bits per heavy atom. The molecule has 0 N–H and O–H groups in total. The SMILES string of the molecule is CC(C)(C)OC[C@@H]1CCCN1CCCOCCC(=O)C(C)(C)C. The van der Waals surface area contributed by atoms with Crippen LogP contribution in [0, 0.1) is 5.41 Å². The van der Waals surface area contributed by atoms with Crippen LogP contribution < -0.4 is 0 Å². The number of ether oxygens (including phenoxy) is 2. The highest BCUT2D eigenvalue weighted by molar-refractivity contribution is 5.83. The van der Waals surface area contributed by atoms with Gasteiger partial charge in [-0.15, -0.1) is 0 Å². The first-order valence-electron chi connectivity index (χ1n) is 9.08. The standard InChI is InChI=1S/C19H37NO3/c1-18(2,3)17(21)10-14-22-13-8-12-20-11-7-9-16(20)15-23-19(4,5)6/h16H,7-15H2,1-6H3/t16-/m0/s1. The topological polar surface area (TPSA) is 38.8 Å². The minimum atomic E-state index is -0.251. The maximum absolute atomic E-state index is 11.8. The van der Waals surface area contributed by atoms with Gasteiger partial charge in [-0.25, -0.2) is 0 Å². The van der Waals surface area contributed by atoms with Gasteiger partial charge in [0.25, 0.3) is 0 Å². The van der Waals surface area contributed by atoms with Crippen molar-refractivity contribution in [2.24, 2.45) is 5.41 Å². The lowest BCUT2D eigenvalue weighted by atomic mass is 9.89. The molecule has 1 heterocycles. The summed E-state index contributed by atoms with van der Waals surface area (Å²) in [5.74, 6) is 0.274. The van der Waals surface area contributed by atoms with E-state index in [1.54, 1.807) is 0 Å². The third-order valence-corrected chi connectivity index (χ3v) is 4.25. The Kier molecular flexibility index (Phi) is 8.19. The molecule has 0 aromatic carbocycles. The summed E-state index contributed by atoms with van der Waals surface area (Å²) < 4.78 is 11.6. The highest BCUT2D eigenvalue weighted by Gasteiger charge is 2.26. The number of rotatable bonds is 9. The van der Waals surface area contributed by atoms with E-state index in [4.69, 9.17) is 9.47 Å². The molecule has 0 spiro atoms. The van der Waals surface area contributed by atoms with E-state index in [9.17, 15) is 4.79 Å². The van der Waals surface area contributed by atoms with Crippen LogP contribution >= 0.6 is 0 Å². The summed E-state index contributed by atoms with van der Waals surface area (Å²) in [5, 5.41) is 0. The molecule has 1 atom stereocenters. The maximum Gasteiger partial charge on any atom is 0.140 e. The van der Waals surface area contributed by atoms with Crippen LogP contribution in [0.25, 0.3) is 0 Å². The molecule has 0 amide bonds. The smallest absolute Gasteiger partial charge is 0.140 e. The molecule has 0 bridgehead atoms. The predicted octanol–water partition coefficient (Wildman–Crippen LogP) is 3.68. The summed E-state index contributed by atoms with van der Waals surface area (Å²) in [6, 6.07) is 0.552. The first-order chi connectivity index (χ1) is 10.6. The van der Waals surface area contributed by atoms with Gasteiger partial charge < -0.3 is 9.47 Å². The molecule has 0 radical (unpaired) electrons. The quantitative estimate of drug-likeness (QED) is 0.606. The Bertz CT molecular complexity index is 355. The Labute approximate surface area is 142 Å². The minimum absolute atomic E-state index is 0.0586. The van der Waals surface area contributed by atoms with Crippen LogP contribution in [0.5, 0.6) is 0 Å². The number of Topliss-reactive ketones (excluding diaryl/α,β-unsaturated/α-hetero) is 1. The van der Waals surface area contributed by atoms with Crippen molar-refractivity contribution in [2.75, 3.05) is 32.9 Å². The second-order valence-corrected chi connectivity index (χ2v) is 8.64. The Morgan fingerprint density at radius 1 is 1.13 bits per heavy atom. The van der Waals surface area contributed by atoms with Gasteiger partial charge in [0.05, 0.1) is 18.8 Å². The minimum Gasteiger partial charge on any atom is -0.381 e. The summed E-state index contributed by atoms with van der Waals surface area (Å²) in [7, 11) is 0. The van der Waals surface area contributed by atoms with Crippen molar-refractivity contribution in [3.05, 3.63) is 0 Å². The molecular weight excluding hydrogens is 290 g/mol. The first-order valence-corrected chi connectivity index (χ1v) is 9.08. The van der Waals surface area contributed by atoms with Crippen LogP contribution in [0.1, 0.15) is 67.2 Å². The normalized spacial score (nSPS) is 20.2. The molecule has 1 saturated heterocycles. The molecule has 1 rings (SSSR count). The zero-order chi connectivity index (χ0) is 17.5. The maximum atomic E-state index is 11.8. The van der Waals surface area contributed by atoms with E-state index in [0.717, 1.165) is 26.2 Å². The summed E-state index contributed by atoms with van der Waals surface area (Å²) in [6.45, 7) is 16.6. The average Bonchev–Trinajstić information content (AvgIpc) is 2.85. The van der Waals surface area contributed by atoms with Crippen molar-refractivity contribution < 1.29 is 14.3 Å². The Balaban J connectivity index is 2.12. The molecule has 0 unspecified atom stereocenters. The number of hydrogen-bond acceptors (Lipinski definition) is 4. The molecule has 0 aromatic rings. The van der Waals surface area contributed by atoms with Gasteiger partial charge in [0.2, 0.25) is 0 Å². The Hall–Kier alpha value is -0.450. The van der Waals surface area contributed by atoms with E-state index in [2.05, 4.69) is 25.7 Å². The number of hydrogen-bond donors (Lipinski definition) is 0. The molecule has 0 saturated carbocycles. The van der Waals surface area contributed by atoms with Crippen LogP contribution in [0.2, 0.25) is 0 Å². The fourth-order valence-electron chi connectivity index (χ4n) is 2.74. The van der Waals surface area contributed by atoms with E-state index in [1.165, 1.54) is 19.4 Å². The number of likely N-dealkylation sites (tertiary alicyclic amines) is 1. The third-order valence-electron chi connectivity index (χ3n) is 4.25. The summed E-state index contributed by atoms with van der Waals surface area (Å²) in [5.41, 5.74) is -0.309. The largest absolute Gasteiger partial charge is 0.381 e. The van der Waals surface area contributed by atoms with Gasteiger partial charge in [-0.2, -0.15) is 0 Å². The van der Waals surface area contributed by atoms with Crippen LogP contribution in [0.15, 0.2) is 0 Å². The molecule has 1 aliphatic rings. The van der Waals surface area contributed by atoms with Gasteiger partial charge in [0.15, 0.2) is 0 Å². The van der Waals surface area contributed by atoms with E-state index in [-0.39, 0.29) is 16.8 Å². The number of carbonyl (C=O) groups is 1. The fourth-order valence-corrected chi connectivity index (χ4v) is 2.74. The van der Waals surface area contributed by atoms with Gasteiger partial charge in [-0.05, 0) is 46.6 Å². The van der Waals surface area contributed by atoms with Crippen LogP contribution in [-0.4, -0.2) is 55.2 Å². The van der Waals surface area contributed by atoms with Gasteiger partial charge in [-0.3, -0.25) is 9.69 Å². The van der Waals surface area contributed by atoms with E-state index >= 15 is 0 Å². The molecular formula is C19H37NO3. The average molecular weight is 328 g/mol. The van der Waals surface area contributed by atoms with Crippen molar-refractivity contribution in [2.45, 2.75) is 78.9 Å². The van der Waals surface area contributed by atoms with Crippen molar-refractivity contribution >= 4 is 5.78 Å². The number of carbonyl (C=O) groups excluding carboxylic acids is 1. The summed E-state index contributed by atoms with van der Waals surface area (Å²) >= 11 is 0. The monoisotopic (exact) mass is 327 g/mol. The van der Waals surface area contributed by atoms with Crippen LogP contribution in [0.3, 0.4) is 0 Å². The highest BCUT2D eigenvalue weighted by Crippen LogP contribution is 2.20.